The van der Waals surface area contributed by atoms with Crippen LogP contribution in [0, 0.1) is 17.6 Å². The third-order valence-electron chi connectivity index (χ3n) is 3.65. The van der Waals surface area contributed by atoms with Crippen molar-refractivity contribution < 1.29 is 18.3 Å². The second-order valence-corrected chi connectivity index (χ2v) is 5.14. The summed E-state index contributed by atoms with van der Waals surface area (Å²) in [6.07, 6.45) is 3.42. The number of anilines is 1. The SMILES string of the molecule is COc1nccnc1NNC(=O)C1CC1c1ccc(F)cc1F. The predicted octanol–water partition coefficient (Wildman–Crippen LogP) is 2.01. The maximum Gasteiger partial charge on any atom is 0.258 e. The molecule has 2 unspecified atom stereocenters. The minimum Gasteiger partial charge on any atom is -0.478 e. The molecular formula is C15H14F2N4O2. The van der Waals surface area contributed by atoms with E-state index in [-0.39, 0.29) is 29.4 Å². The molecule has 1 amide bonds. The van der Waals surface area contributed by atoms with E-state index in [4.69, 9.17) is 4.74 Å². The van der Waals surface area contributed by atoms with Crippen molar-refractivity contribution in [1.82, 2.24) is 15.4 Å². The number of aromatic nitrogens is 2. The molecule has 0 bridgehead atoms. The van der Waals surface area contributed by atoms with Gasteiger partial charge in [0.05, 0.1) is 7.11 Å². The first-order valence-corrected chi connectivity index (χ1v) is 6.96. The van der Waals surface area contributed by atoms with Crippen LogP contribution in [0.4, 0.5) is 14.6 Å². The van der Waals surface area contributed by atoms with Gasteiger partial charge >= 0.3 is 0 Å². The molecule has 120 valence electrons. The molecule has 1 aliphatic carbocycles. The molecule has 1 aliphatic rings. The van der Waals surface area contributed by atoms with E-state index in [0.29, 0.717) is 12.0 Å². The molecule has 1 saturated carbocycles. The van der Waals surface area contributed by atoms with Gasteiger partial charge in [-0.25, -0.2) is 18.7 Å². The van der Waals surface area contributed by atoms with E-state index in [9.17, 15) is 13.6 Å². The van der Waals surface area contributed by atoms with Crippen LogP contribution < -0.4 is 15.6 Å². The van der Waals surface area contributed by atoms with Crippen molar-refractivity contribution in [3.05, 3.63) is 47.8 Å². The van der Waals surface area contributed by atoms with E-state index < -0.39 is 11.6 Å². The van der Waals surface area contributed by atoms with Crippen molar-refractivity contribution >= 4 is 11.7 Å². The average Bonchev–Trinajstić information content (AvgIpc) is 3.33. The van der Waals surface area contributed by atoms with Crippen LogP contribution >= 0.6 is 0 Å². The van der Waals surface area contributed by atoms with E-state index in [2.05, 4.69) is 20.8 Å². The van der Waals surface area contributed by atoms with Crippen molar-refractivity contribution in [2.45, 2.75) is 12.3 Å². The summed E-state index contributed by atoms with van der Waals surface area (Å²) in [7, 11) is 1.44. The number of benzene rings is 1. The van der Waals surface area contributed by atoms with Gasteiger partial charge in [-0.05, 0) is 24.0 Å². The molecule has 0 aliphatic heterocycles. The average molecular weight is 320 g/mol. The number of hydrazine groups is 1. The van der Waals surface area contributed by atoms with Gasteiger partial charge in [-0.3, -0.25) is 15.6 Å². The first-order valence-electron chi connectivity index (χ1n) is 6.96. The summed E-state index contributed by atoms with van der Waals surface area (Å²) in [6.45, 7) is 0. The minimum atomic E-state index is -0.635. The number of nitrogens with one attached hydrogen (secondary N) is 2. The number of rotatable bonds is 5. The van der Waals surface area contributed by atoms with Gasteiger partial charge in [-0.2, -0.15) is 0 Å². The van der Waals surface area contributed by atoms with Crippen LogP contribution in [-0.2, 0) is 4.79 Å². The summed E-state index contributed by atoms with van der Waals surface area (Å²) in [6, 6.07) is 3.39. The number of hydrogen-bond acceptors (Lipinski definition) is 5. The molecule has 2 N–H and O–H groups in total. The second kappa shape index (κ2) is 6.15. The highest BCUT2D eigenvalue weighted by atomic mass is 19.1. The van der Waals surface area contributed by atoms with Gasteiger partial charge in [0.25, 0.3) is 5.88 Å². The Labute approximate surface area is 130 Å². The summed E-state index contributed by atoms with van der Waals surface area (Å²) in [4.78, 5) is 20.0. The monoisotopic (exact) mass is 320 g/mol. The number of halogens is 2. The number of carbonyl (C=O) groups excluding carboxylic acids is 1. The normalized spacial score (nSPS) is 19.1. The highest BCUT2D eigenvalue weighted by Gasteiger charge is 2.45. The van der Waals surface area contributed by atoms with E-state index in [1.165, 1.54) is 31.6 Å². The van der Waals surface area contributed by atoms with Crippen LogP contribution in [0.15, 0.2) is 30.6 Å². The maximum atomic E-state index is 13.7. The molecule has 0 radical (unpaired) electrons. The Balaban J connectivity index is 1.60. The molecular weight excluding hydrogens is 306 g/mol. The van der Waals surface area contributed by atoms with Gasteiger partial charge in [0.15, 0.2) is 0 Å². The van der Waals surface area contributed by atoms with E-state index in [1.807, 2.05) is 0 Å². The Kier molecular flexibility index (Phi) is 4.05. The summed E-state index contributed by atoms with van der Waals surface area (Å²) in [5, 5.41) is 0. The zero-order chi connectivity index (χ0) is 16.4. The molecule has 0 saturated heterocycles. The Morgan fingerprint density at radius 2 is 2.09 bits per heavy atom. The number of ether oxygens (including phenoxy) is 1. The summed E-state index contributed by atoms with van der Waals surface area (Å²) < 4.78 is 31.6. The number of methoxy groups -OCH3 is 1. The third kappa shape index (κ3) is 3.20. The minimum absolute atomic E-state index is 0.240. The molecule has 3 rings (SSSR count). The van der Waals surface area contributed by atoms with Gasteiger partial charge in [0.1, 0.15) is 11.6 Å². The van der Waals surface area contributed by atoms with E-state index in [0.717, 1.165) is 6.07 Å². The zero-order valence-electron chi connectivity index (χ0n) is 12.2. The van der Waals surface area contributed by atoms with Crippen molar-refractivity contribution in [3.63, 3.8) is 0 Å². The highest BCUT2D eigenvalue weighted by Crippen LogP contribution is 2.48. The molecule has 6 nitrogen and oxygen atoms in total. The molecule has 0 spiro atoms. The predicted molar refractivity (Wildman–Crippen MR) is 77.6 cm³/mol. The summed E-state index contributed by atoms with van der Waals surface area (Å²) >= 11 is 0. The van der Waals surface area contributed by atoms with Gasteiger partial charge in [-0.15, -0.1) is 0 Å². The van der Waals surface area contributed by atoms with Gasteiger partial charge < -0.3 is 4.74 Å². The van der Waals surface area contributed by atoms with Crippen LogP contribution in [0.1, 0.15) is 17.9 Å². The van der Waals surface area contributed by atoms with Gasteiger partial charge in [-0.1, -0.05) is 6.07 Å². The third-order valence-corrected chi connectivity index (χ3v) is 3.65. The Morgan fingerprint density at radius 1 is 1.30 bits per heavy atom. The first-order chi connectivity index (χ1) is 11.1. The van der Waals surface area contributed by atoms with Crippen molar-refractivity contribution in [2.75, 3.05) is 12.5 Å². The maximum absolute atomic E-state index is 13.7. The molecule has 1 fully saturated rings. The zero-order valence-corrected chi connectivity index (χ0v) is 12.2. The van der Waals surface area contributed by atoms with Crippen molar-refractivity contribution in [3.8, 4) is 5.88 Å². The van der Waals surface area contributed by atoms with Crippen molar-refractivity contribution in [2.24, 2.45) is 5.92 Å². The van der Waals surface area contributed by atoms with E-state index in [1.54, 1.807) is 0 Å². The standard InChI is InChI=1S/C15H14F2N4O2/c1-23-15-13(18-4-5-19-15)20-21-14(22)11-7-10(11)9-3-2-8(16)6-12(9)17/h2-6,10-11H,7H2,1H3,(H,18,20)(H,21,22). The molecule has 2 atom stereocenters. The fourth-order valence-corrected chi connectivity index (χ4v) is 2.40. The smallest absolute Gasteiger partial charge is 0.258 e. The summed E-state index contributed by atoms with van der Waals surface area (Å²) in [5.41, 5.74) is 5.48. The molecule has 8 heteroatoms. The van der Waals surface area contributed by atoms with Crippen molar-refractivity contribution in [1.29, 1.82) is 0 Å². The fraction of sp³-hybridized carbons (Fsp3) is 0.267. The first kappa shape index (κ1) is 15.1. The molecule has 23 heavy (non-hydrogen) atoms. The molecule has 2 aromatic rings. The number of hydrogen-bond donors (Lipinski definition) is 2. The highest BCUT2D eigenvalue weighted by molar-refractivity contribution is 5.84. The quantitative estimate of drug-likeness (QED) is 0.824. The van der Waals surface area contributed by atoms with Gasteiger partial charge in [0, 0.05) is 24.4 Å². The second-order valence-electron chi connectivity index (χ2n) is 5.14. The lowest BCUT2D eigenvalue weighted by molar-refractivity contribution is -0.121. The van der Waals surface area contributed by atoms with Crippen LogP contribution in [-0.4, -0.2) is 23.0 Å². The molecule has 1 heterocycles. The van der Waals surface area contributed by atoms with Gasteiger partial charge in [0.2, 0.25) is 11.7 Å². The Bertz CT molecular complexity index is 741. The fourth-order valence-electron chi connectivity index (χ4n) is 2.40. The molecule has 1 aromatic carbocycles. The topological polar surface area (TPSA) is 76.1 Å². The molecule has 1 aromatic heterocycles. The summed E-state index contributed by atoms with van der Waals surface area (Å²) in [5.74, 6) is -1.67. The number of carbonyl (C=O) groups is 1. The number of nitrogens with zero attached hydrogens (tertiary/aromatic N) is 2. The largest absolute Gasteiger partial charge is 0.478 e. The lowest BCUT2D eigenvalue weighted by Crippen LogP contribution is -2.31. The van der Waals surface area contributed by atoms with Crippen LogP contribution in [0.25, 0.3) is 0 Å². The van der Waals surface area contributed by atoms with E-state index >= 15 is 0 Å². The van der Waals surface area contributed by atoms with Crippen LogP contribution in [0.5, 0.6) is 5.88 Å². The van der Waals surface area contributed by atoms with Crippen LogP contribution in [0.2, 0.25) is 0 Å². The van der Waals surface area contributed by atoms with Crippen LogP contribution in [0.3, 0.4) is 0 Å². The number of amides is 1. The Hall–Kier alpha value is -2.77. The Morgan fingerprint density at radius 3 is 2.83 bits per heavy atom. The lowest BCUT2D eigenvalue weighted by Gasteiger charge is -2.10. The lowest BCUT2D eigenvalue weighted by atomic mass is 10.1.